The molecule has 0 aromatic carbocycles. The van der Waals surface area contributed by atoms with Gasteiger partial charge in [-0.15, -0.1) is 0 Å². The van der Waals surface area contributed by atoms with Gasteiger partial charge in [0.2, 0.25) is 0 Å². The van der Waals surface area contributed by atoms with E-state index in [1.54, 1.807) is 6.92 Å². The summed E-state index contributed by atoms with van der Waals surface area (Å²) in [6.07, 6.45) is 29.5. The van der Waals surface area contributed by atoms with Crippen molar-refractivity contribution in [2.45, 2.75) is 77.7 Å². The summed E-state index contributed by atoms with van der Waals surface area (Å²) in [4.78, 5) is 10.7. The Balaban J connectivity index is 0. The summed E-state index contributed by atoms with van der Waals surface area (Å²) in [6, 6.07) is 0. The number of allylic oxidation sites excluding steroid dienone is 10. The van der Waals surface area contributed by atoms with Gasteiger partial charge in [0.05, 0.1) is 12.1 Å². The molecule has 0 rings (SSSR count). The quantitative estimate of drug-likeness (QED) is 0.209. The van der Waals surface area contributed by atoms with Crippen LogP contribution in [0.15, 0.2) is 60.8 Å². The second kappa shape index (κ2) is 24.8. The van der Waals surface area contributed by atoms with Crippen molar-refractivity contribution >= 4 is 5.97 Å². The number of aliphatic carboxylic acids is 1. The number of carboxylic acid groups (broad SMARTS) is 1. The van der Waals surface area contributed by atoms with Crippen LogP contribution in [0.5, 0.6) is 0 Å². The van der Waals surface area contributed by atoms with E-state index in [2.05, 4.69) is 67.7 Å². The van der Waals surface area contributed by atoms with E-state index in [0.717, 1.165) is 51.4 Å². The van der Waals surface area contributed by atoms with Crippen LogP contribution in [0.4, 0.5) is 0 Å². The molecule has 0 aliphatic rings. The van der Waals surface area contributed by atoms with Crippen LogP contribution < -0.4 is 56.5 Å². The minimum atomic E-state index is -1.12. The molecule has 28 heavy (non-hydrogen) atoms. The summed E-state index contributed by atoms with van der Waals surface area (Å²) in [5.74, 6) is -1.12. The largest absolute Gasteiger partial charge is 1.00 e. The second-order valence-corrected chi connectivity index (χ2v) is 6.29. The molecule has 0 saturated carbocycles. The van der Waals surface area contributed by atoms with Gasteiger partial charge in [-0.25, -0.2) is 0 Å². The van der Waals surface area contributed by atoms with Crippen LogP contribution in [0, 0.1) is 0 Å². The number of ether oxygens (including phenoxy) is 1. The summed E-state index contributed by atoms with van der Waals surface area (Å²) >= 11 is 0. The van der Waals surface area contributed by atoms with Crippen LogP contribution in [0.2, 0.25) is 0 Å². The van der Waals surface area contributed by atoms with Gasteiger partial charge in [-0.1, -0.05) is 74.6 Å². The number of hydrogen-bond donors (Lipinski definition) is 0. The van der Waals surface area contributed by atoms with E-state index in [1.165, 1.54) is 0 Å². The molecule has 0 aromatic rings. The first-order valence-electron chi connectivity index (χ1n) is 10.3. The number of carbonyl (C=O) groups excluding carboxylic acids is 1. The van der Waals surface area contributed by atoms with Crippen molar-refractivity contribution in [1.82, 2.24) is 0 Å². The molecule has 0 amide bonds. The zero-order chi connectivity index (χ0) is 20.0. The standard InChI is InChI=1S/C24H38O3.K/c1-3-5-6-7-8-9-10-11-12-13-14-15-16-17-18-19-20-21-22-27-23(4-2)24(25)26;/h5-6,8-9,11-12,14-15,17-18,23H,3-4,7,10,13,16,19-22H2,1-2H3,(H,25,26);/q;+1/p-1/b6-5-,9-8-,12-11-,15-14-,18-17-;. The average molecular weight is 413 g/mol. The summed E-state index contributed by atoms with van der Waals surface area (Å²) in [5, 5.41) is 10.7. The van der Waals surface area contributed by atoms with E-state index < -0.39 is 12.1 Å². The van der Waals surface area contributed by atoms with E-state index in [4.69, 9.17) is 4.74 Å². The van der Waals surface area contributed by atoms with E-state index >= 15 is 0 Å². The molecular weight excluding hydrogens is 375 g/mol. The molecule has 1 atom stereocenters. The Kier molecular flexibility index (Phi) is 26.5. The van der Waals surface area contributed by atoms with Crippen molar-refractivity contribution in [2.75, 3.05) is 6.61 Å². The summed E-state index contributed by atoms with van der Waals surface area (Å²) in [6.45, 7) is 4.42. The summed E-state index contributed by atoms with van der Waals surface area (Å²) in [5.41, 5.74) is 0. The third-order valence-electron chi connectivity index (χ3n) is 3.88. The Bertz CT molecular complexity index is 490. The minimum absolute atomic E-state index is 0. The molecule has 4 heteroatoms. The Hall–Kier alpha value is -0.234. The van der Waals surface area contributed by atoms with E-state index in [1.807, 2.05) is 0 Å². The molecule has 0 radical (unpaired) electrons. The zero-order valence-corrected chi connectivity index (χ0v) is 21.3. The van der Waals surface area contributed by atoms with Gasteiger partial charge in [-0.2, -0.15) is 0 Å². The number of carbonyl (C=O) groups is 1. The predicted molar refractivity (Wildman–Crippen MR) is 113 cm³/mol. The van der Waals surface area contributed by atoms with Gasteiger partial charge in [0.1, 0.15) is 0 Å². The van der Waals surface area contributed by atoms with Crippen molar-refractivity contribution in [3.63, 3.8) is 0 Å². The van der Waals surface area contributed by atoms with Crippen LogP contribution in [0.1, 0.15) is 71.6 Å². The van der Waals surface area contributed by atoms with Gasteiger partial charge in [0, 0.05) is 6.61 Å². The molecule has 0 aromatic heterocycles. The van der Waals surface area contributed by atoms with Gasteiger partial charge in [0.25, 0.3) is 0 Å². The molecule has 0 spiro atoms. The number of unbranched alkanes of at least 4 members (excludes halogenated alkanes) is 2. The molecule has 0 saturated heterocycles. The first-order valence-corrected chi connectivity index (χ1v) is 10.3. The van der Waals surface area contributed by atoms with E-state index in [0.29, 0.717) is 13.0 Å². The molecule has 0 N–H and O–H groups in total. The second-order valence-electron chi connectivity index (χ2n) is 6.29. The maximum Gasteiger partial charge on any atom is 1.00 e. The van der Waals surface area contributed by atoms with Gasteiger partial charge in [-0.05, 0) is 57.8 Å². The van der Waals surface area contributed by atoms with Crippen molar-refractivity contribution in [3.8, 4) is 0 Å². The molecule has 152 valence electrons. The van der Waals surface area contributed by atoms with Crippen molar-refractivity contribution in [2.24, 2.45) is 0 Å². The average Bonchev–Trinajstić information content (AvgIpc) is 2.66. The van der Waals surface area contributed by atoms with Gasteiger partial charge >= 0.3 is 51.4 Å². The summed E-state index contributed by atoms with van der Waals surface area (Å²) in [7, 11) is 0. The fraction of sp³-hybridized carbons (Fsp3) is 0.542. The van der Waals surface area contributed by atoms with Crippen LogP contribution in [-0.4, -0.2) is 18.7 Å². The maximum atomic E-state index is 10.7. The molecule has 0 aliphatic carbocycles. The topological polar surface area (TPSA) is 49.4 Å². The van der Waals surface area contributed by atoms with Crippen molar-refractivity contribution < 1.29 is 66.0 Å². The SMILES string of the molecule is CC/C=C\C/C=C\C/C=C\C/C=C\C/C=C\CCCCOC(CC)C(=O)[O-].[K+]. The van der Waals surface area contributed by atoms with Crippen LogP contribution >= 0.6 is 0 Å². The van der Waals surface area contributed by atoms with E-state index in [9.17, 15) is 9.90 Å². The Morgan fingerprint density at radius 3 is 1.68 bits per heavy atom. The van der Waals surface area contributed by atoms with Crippen LogP contribution in [-0.2, 0) is 9.53 Å². The normalized spacial score (nSPS) is 13.4. The predicted octanol–water partition coefficient (Wildman–Crippen LogP) is 2.46. The molecule has 0 aliphatic heterocycles. The fourth-order valence-corrected chi connectivity index (χ4v) is 2.31. The number of rotatable bonds is 17. The number of hydrogen-bond acceptors (Lipinski definition) is 3. The third kappa shape index (κ3) is 22.1. The monoisotopic (exact) mass is 412 g/mol. The first-order chi connectivity index (χ1) is 13.2. The van der Waals surface area contributed by atoms with Crippen molar-refractivity contribution in [1.29, 1.82) is 0 Å². The van der Waals surface area contributed by atoms with Crippen LogP contribution in [0.25, 0.3) is 0 Å². The molecule has 0 heterocycles. The fourth-order valence-electron chi connectivity index (χ4n) is 2.31. The smallest absolute Gasteiger partial charge is 0.547 e. The first kappa shape index (κ1) is 30.0. The molecule has 3 nitrogen and oxygen atoms in total. The molecule has 0 bridgehead atoms. The van der Waals surface area contributed by atoms with Crippen LogP contribution in [0.3, 0.4) is 0 Å². The Labute approximate surface area is 215 Å². The minimum Gasteiger partial charge on any atom is -0.547 e. The molecule has 0 fully saturated rings. The summed E-state index contributed by atoms with van der Waals surface area (Å²) < 4.78 is 5.27. The van der Waals surface area contributed by atoms with Crippen molar-refractivity contribution in [3.05, 3.63) is 60.8 Å². The maximum absolute atomic E-state index is 10.7. The Morgan fingerprint density at radius 2 is 1.25 bits per heavy atom. The molecule has 1 unspecified atom stereocenters. The zero-order valence-electron chi connectivity index (χ0n) is 18.1. The Morgan fingerprint density at radius 1 is 0.786 bits per heavy atom. The third-order valence-corrected chi connectivity index (χ3v) is 3.88. The van der Waals surface area contributed by atoms with Gasteiger partial charge in [-0.3, -0.25) is 0 Å². The van der Waals surface area contributed by atoms with Gasteiger partial charge in [0.15, 0.2) is 0 Å². The number of carboxylic acids is 1. The van der Waals surface area contributed by atoms with Gasteiger partial charge < -0.3 is 14.6 Å². The van der Waals surface area contributed by atoms with E-state index in [-0.39, 0.29) is 51.4 Å². The molecular formula is C24H37KO3.